The molecule has 0 bridgehead atoms. The van der Waals surface area contributed by atoms with Gasteiger partial charge in [0.15, 0.2) is 5.82 Å². The summed E-state index contributed by atoms with van der Waals surface area (Å²) in [7, 11) is 0. The van der Waals surface area contributed by atoms with Crippen LogP contribution in [0.1, 0.15) is 31.5 Å². The Labute approximate surface area is 140 Å². The molecule has 1 saturated carbocycles. The van der Waals surface area contributed by atoms with Crippen molar-refractivity contribution in [1.29, 1.82) is 0 Å². The summed E-state index contributed by atoms with van der Waals surface area (Å²) < 4.78 is 5.15. The first-order valence-corrected chi connectivity index (χ1v) is 8.52. The van der Waals surface area contributed by atoms with Gasteiger partial charge in [-0.15, -0.1) is 0 Å². The molecule has 2 aromatic rings. The molecular formula is C17H21N5O2. The third kappa shape index (κ3) is 2.86. The number of rotatable bonds is 3. The third-order valence-electron chi connectivity index (χ3n) is 4.87. The first-order chi connectivity index (χ1) is 11.7. The van der Waals surface area contributed by atoms with Crippen LogP contribution in [0.5, 0.6) is 0 Å². The Morgan fingerprint density at radius 2 is 2.04 bits per heavy atom. The van der Waals surface area contributed by atoms with Crippen LogP contribution in [0.4, 0.5) is 5.82 Å². The average Bonchev–Trinajstić information content (AvgIpc) is 3.27. The summed E-state index contributed by atoms with van der Waals surface area (Å²) in [5, 5.41) is 3.79. The fraction of sp³-hybridized carbons (Fsp3) is 0.529. The zero-order valence-electron chi connectivity index (χ0n) is 13.8. The van der Waals surface area contributed by atoms with Crippen LogP contribution in [0.25, 0.3) is 11.5 Å². The second-order valence-electron chi connectivity index (χ2n) is 6.50. The number of amides is 1. The van der Waals surface area contributed by atoms with Gasteiger partial charge in [0.1, 0.15) is 5.82 Å². The maximum atomic E-state index is 12.5. The highest BCUT2D eigenvalue weighted by Crippen LogP contribution is 2.26. The number of aryl methyl sites for hydroxylation is 1. The molecule has 0 radical (unpaired) electrons. The molecule has 0 spiro atoms. The van der Waals surface area contributed by atoms with Crippen LogP contribution in [0.2, 0.25) is 0 Å². The standard InChI is InChI=1S/C17H21N5O2/c1-12-19-17(24-20-12)13-6-7-15(18-10-13)21-8-9-22(16(23)11-21)14-4-2-3-5-14/h6-7,10,14H,2-5,8-9,11H2,1H3. The summed E-state index contributed by atoms with van der Waals surface area (Å²) in [6.45, 7) is 3.80. The molecule has 2 aromatic heterocycles. The quantitative estimate of drug-likeness (QED) is 0.858. The maximum absolute atomic E-state index is 12.5. The summed E-state index contributed by atoms with van der Waals surface area (Å²) in [4.78, 5) is 25.3. The minimum Gasteiger partial charge on any atom is -0.346 e. The molecule has 1 saturated heterocycles. The van der Waals surface area contributed by atoms with E-state index in [1.54, 1.807) is 13.1 Å². The summed E-state index contributed by atoms with van der Waals surface area (Å²) in [6.07, 6.45) is 6.52. The van der Waals surface area contributed by atoms with Crippen molar-refractivity contribution >= 4 is 11.7 Å². The van der Waals surface area contributed by atoms with Crippen LogP contribution in [0, 0.1) is 6.92 Å². The number of pyridine rings is 1. The third-order valence-corrected chi connectivity index (χ3v) is 4.87. The molecule has 0 unspecified atom stereocenters. The lowest BCUT2D eigenvalue weighted by atomic mass is 10.1. The zero-order valence-corrected chi connectivity index (χ0v) is 13.8. The second kappa shape index (κ2) is 6.22. The van der Waals surface area contributed by atoms with Gasteiger partial charge >= 0.3 is 0 Å². The van der Waals surface area contributed by atoms with E-state index in [2.05, 4.69) is 20.0 Å². The van der Waals surface area contributed by atoms with Gasteiger partial charge in [-0.2, -0.15) is 4.98 Å². The van der Waals surface area contributed by atoms with Crippen LogP contribution >= 0.6 is 0 Å². The van der Waals surface area contributed by atoms with Gasteiger partial charge < -0.3 is 14.3 Å². The number of piperazine rings is 1. The van der Waals surface area contributed by atoms with E-state index in [1.807, 2.05) is 17.0 Å². The van der Waals surface area contributed by atoms with Crippen LogP contribution in [0.15, 0.2) is 22.9 Å². The molecule has 2 fully saturated rings. The highest BCUT2D eigenvalue weighted by atomic mass is 16.5. The van der Waals surface area contributed by atoms with Crippen molar-refractivity contribution in [3.05, 3.63) is 24.2 Å². The monoisotopic (exact) mass is 327 g/mol. The molecule has 7 nitrogen and oxygen atoms in total. The Bertz CT molecular complexity index is 721. The van der Waals surface area contributed by atoms with Gasteiger partial charge in [0.2, 0.25) is 5.91 Å². The first-order valence-electron chi connectivity index (χ1n) is 8.52. The van der Waals surface area contributed by atoms with Crippen LogP contribution < -0.4 is 4.90 Å². The largest absolute Gasteiger partial charge is 0.346 e. The fourth-order valence-electron chi connectivity index (χ4n) is 3.60. The fourth-order valence-corrected chi connectivity index (χ4v) is 3.60. The predicted octanol–water partition coefficient (Wildman–Crippen LogP) is 2.03. The lowest BCUT2D eigenvalue weighted by Crippen LogP contribution is -2.53. The Morgan fingerprint density at radius 3 is 2.67 bits per heavy atom. The molecule has 0 aromatic carbocycles. The number of nitrogens with zero attached hydrogens (tertiary/aromatic N) is 5. The SMILES string of the molecule is Cc1noc(-c2ccc(N3CCN(C4CCCC4)C(=O)C3)nc2)n1. The van der Waals surface area contributed by atoms with Crippen molar-refractivity contribution in [2.45, 2.75) is 38.6 Å². The predicted molar refractivity (Wildman–Crippen MR) is 88.4 cm³/mol. The normalized spacial score (nSPS) is 19.3. The molecule has 126 valence electrons. The van der Waals surface area contributed by atoms with Gasteiger partial charge in [-0.3, -0.25) is 4.79 Å². The lowest BCUT2D eigenvalue weighted by Gasteiger charge is -2.38. The van der Waals surface area contributed by atoms with Crippen molar-refractivity contribution in [3.8, 4) is 11.5 Å². The Morgan fingerprint density at radius 1 is 1.21 bits per heavy atom. The maximum Gasteiger partial charge on any atom is 0.259 e. The minimum atomic E-state index is 0.214. The smallest absolute Gasteiger partial charge is 0.259 e. The van der Waals surface area contributed by atoms with Crippen molar-refractivity contribution < 1.29 is 9.32 Å². The Balaban J connectivity index is 1.44. The molecule has 4 rings (SSSR count). The highest BCUT2D eigenvalue weighted by Gasteiger charge is 2.31. The molecular weight excluding hydrogens is 306 g/mol. The van der Waals surface area contributed by atoms with E-state index < -0.39 is 0 Å². The number of hydrogen-bond acceptors (Lipinski definition) is 6. The second-order valence-corrected chi connectivity index (χ2v) is 6.50. The number of carbonyl (C=O) groups excluding carboxylic acids is 1. The molecule has 3 heterocycles. The van der Waals surface area contributed by atoms with E-state index in [0.717, 1.165) is 37.3 Å². The van der Waals surface area contributed by atoms with Gasteiger partial charge in [-0.1, -0.05) is 18.0 Å². The number of carbonyl (C=O) groups is 1. The van der Waals surface area contributed by atoms with Gasteiger partial charge in [0.25, 0.3) is 5.89 Å². The summed E-state index contributed by atoms with van der Waals surface area (Å²) in [5.41, 5.74) is 0.787. The summed E-state index contributed by atoms with van der Waals surface area (Å²) >= 11 is 0. The molecule has 24 heavy (non-hydrogen) atoms. The van der Waals surface area contributed by atoms with E-state index in [4.69, 9.17) is 4.52 Å². The average molecular weight is 327 g/mol. The Hall–Kier alpha value is -2.44. The Kier molecular flexibility index (Phi) is 3.92. The molecule has 1 amide bonds. The van der Waals surface area contributed by atoms with Crippen molar-refractivity contribution in [1.82, 2.24) is 20.0 Å². The van der Waals surface area contributed by atoms with Gasteiger partial charge in [-0.25, -0.2) is 4.98 Å². The van der Waals surface area contributed by atoms with Crippen LogP contribution in [-0.2, 0) is 4.79 Å². The van der Waals surface area contributed by atoms with E-state index in [9.17, 15) is 4.79 Å². The molecule has 7 heteroatoms. The van der Waals surface area contributed by atoms with Gasteiger partial charge in [0.05, 0.1) is 12.1 Å². The molecule has 1 aliphatic carbocycles. The molecule has 0 N–H and O–H groups in total. The number of hydrogen-bond donors (Lipinski definition) is 0. The van der Waals surface area contributed by atoms with E-state index >= 15 is 0 Å². The van der Waals surface area contributed by atoms with Crippen LogP contribution in [-0.4, -0.2) is 51.6 Å². The molecule has 1 aliphatic heterocycles. The van der Waals surface area contributed by atoms with E-state index in [1.165, 1.54) is 12.8 Å². The van der Waals surface area contributed by atoms with Gasteiger partial charge in [0, 0.05) is 25.3 Å². The van der Waals surface area contributed by atoms with Crippen molar-refractivity contribution in [2.75, 3.05) is 24.5 Å². The number of anilines is 1. The topological polar surface area (TPSA) is 75.4 Å². The number of aromatic nitrogens is 3. The molecule has 2 aliphatic rings. The molecule has 0 atom stereocenters. The minimum absolute atomic E-state index is 0.214. The highest BCUT2D eigenvalue weighted by molar-refractivity contribution is 5.82. The first kappa shape index (κ1) is 15.1. The summed E-state index contributed by atoms with van der Waals surface area (Å²) in [6, 6.07) is 4.27. The van der Waals surface area contributed by atoms with Crippen molar-refractivity contribution in [3.63, 3.8) is 0 Å². The van der Waals surface area contributed by atoms with E-state index in [0.29, 0.717) is 24.3 Å². The summed E-state index contributed by atoms with van der Waals surface area (Å²) in [5.74, 6) is 2.09. The van der Waals surface area contributed by atoms with Gasteiger partial charge in [-0.05, 0) is 31.9 Å². The van der Waals surface area contributed by atoms with Crippen LogP contribution in [0.3, 0.4) is 0 Å². The lowest BCUT2D eigenvalue weighted by molar-refractivity contribution is -0.133. The van der Waals surface area contributed by atoms with Crippen molar-refractivity contribution in [2.24, 2.45) is 0 Å². The van der Waals surface area contributed by atoms with E-state index in [-0.39, 0.29) is 5.91 Å². The zero-order chi connectivity index (χ0) is 16.5.